The Bertz CT molecular complexity index is 4650. The second-order valence-corrected chi connectivity index (χ2v) is 24.7. The number of hydrogen-bond acceptors (Lipinski definition) is 12. The highest BCUT2D eigenvalue weighted by atomic mass is 79.9. The summed E-state index contributed by atoms with van der Waals surface area (Å²) in [6.45, 7) is 8.23. The molecule has 3 amide bonds. The molecular formula is C63H57Br3N18O3. The van der Waals surface area contributed by atoms with E-state index in [0.717, 1.165) is 66.1 Å². The summed E-state index contributed by atoms with van der Waals surface area (Å²) < 4.78 is 12.7. The van der Waals surface area contributed by atoms with Crippen LogP contribution in [-0.4, -0.2) is 125 Å². The summed E-state index contributed by atoms with van der Waals surface area (Å²) in [7, 11) is 5.74. The van der Waals surface area contributed by atoms with Crippen molar-refractivity contribution in [1.29, 1.82) is 0 Å². The van der Waals surface area contributed by atoms with Gasteiger partial charge in [-0.25, -0.2) is 28.5 Å². The number of halogens is 3. The first-order valence-corrected chi connectivity index (χ1v) is 30.7. The number of rotatable bonds is 6. The number of aromatic nitrogens is 15. The molecular weight excluding hydrogens is 1300 g/mol. The Morgan fingerprint density at radius 3 is 1.33 bits per heavy atom. The average molecular weight is 1350 g/mol. The van der Waals surface area contributed by atoms with Crippen LogP contribution in [-0.2, 0) is 40.4 Å². The van der Waals surface area contributed by atoms with E-state index in [-0.39, 0.29) is 35.8 Å². The van der Waals surface area contributed by atoms with Gasteiger partial charge < -0.3 is 14.7 Å². The predicted molar refractivity (Wildman–Crippen MR) is 337 cm³/mol. The molecule has 0 N–H and O–H groups in total. The fourth-order valence-electron chi connectivity index (χ4n) is 12.0. The maximum atomic E-state index is 13.3. The summed E-state index contributed by atoms with van der Waals surface area (Å²) >= 11 is 10.2. The first-order chi connectivity index (χ1) is 42.0. The third kappa shape index (κ3) is 11.3. The molecule has 21 nitrogen and oxygen atoms in total. The number of aryl methyl sites for hydroxylation is 3. The van der Waals surface area contributed by atoms with Crippen molar-refractivity contribution in [3.63, 3.8) is 0 Å². The first kappa shape index (κ1) is 57.1. The van der Waals surface area contributed by atoms with Gasteiger partial charge in [0.1, 0.15) is 0 Å². The van der Waals surface area contributed by atoms with Gasteiger partial charge in [0.25, 0.3) is 17.7 Å². The van der Waals surface area contributed by atoms with E-state index in [2.05, 4.69) is 169 Å². The molecule has 0 saturated carbocycles. The van der Waals surface area contributed by atoms with Crippen LogP contribution in [0.15, 0.2) is 161 Å². The molecule has 438 valence electrons. The molecule has 3 aromatic carbocycles. The van der Waals surface area contributed by atoms with Crippen LogP contribution < -0.4 is 0 Å². The number of amides is 3. The van der Waals surface area contributed by atoms with Crippen molar-refractivity contribution >= 4 is 82.5 Å². The Hall–Kier alpha value is -9.00. The summed E-state index contributed by atoms with van der Waals surface area (Å²) in [6.07, 6.45) is 24.6. The Balaban J connectivity index is 0.000000121. The molecule has 3 atom stereocenters. The van der Waals surface area contributed by atoms with Crippen molar-refractivity contribution in [1.82, 2.24) is 87.8 Å². The molecule has 0 bridgehead atoms. The van der Waals surface area contributed by atoms with Crippen LogP contribution in [0.3, 0.4) is 0 Å². The zero-order chi connectivity index (χ0) is 60.4. The first-order valence-electron chi connectivity index (χ1n) is 28.3. The predicted octanol–water partition coefficient (Wildman–Crippen LogP) is 11.0. The Labute approximate surface area is 524 Å². The molecule has 24 heteroatoms. The number of nitrogens with zero attached hydrogens (tertiary/aromatic N) is 18. The highest BCUT2D eigenvalue weighted by molar-refractivity contribution is 9.11. The van der Waals surface area contributed by atoms with Crippen LogP contribution in [0.5, 0.6) is 0 Å². The Morgan fingerprint density at radius 1 is 0.425 bits per heavy atom. The molecule has 87 heavy (non-hydrogen) atoms. The van der Waals surface area contributed by atoms with E-state index in [0.29, 0.717) is 53.7 Å². The zero-order valence-corrected chi connectivity index (χ0v) is 53.0. The average Bonchev–Trinajstić information content (AvgIpc) is 4.05. The minimum Gasteiger partial charge on any atom is -0.330 e. The van der Waals surface area contributed by atoms with Gasteiger partial charge in [0.15, 0.2) is 34.0 Å². The van der Waals surface area contributed by atoms with Crippen LogP contribution in [0.2, 0.25) is 0 Å². The van der Waals surface area contributed by atoms with Crippen LogP contribution in [0.1, 0.15) is 104 Å². The van der Waals surface area contributed by atoms with Crippen LogP contribution in [0.4, 0.5) is 0 Å². The molecule has 0 radical (unpaired) electrons. The molecule has 0 saturated heterocycles. The second-order valence-electron chi connectivity index (χ2n) is 22.0. The van der Waals surface area contributed by atoms with Crippen molar-refractivity contribution in [2.24, 2.45) is 21.1 Å². The van der Waals surface area contributed by atoms with E-state index in [4.69, 9.17) is 0 Å². The summed E-state index contributed by atoms with van der Waals surface area (Å²) in [6, 6.07) is 24.4. The lowest BCUT2D eigenvalue weighted by atomic mass is 9.87. The summed E-state index contributed by atoms with van der Waals surface area (Å²) in [4.78, 5) is 58.3. The molecule has 12 aromatic rings. The van der Waals surface area contributed by atoms with E-state index >= 15 is 0 Å². The standard InChI is InChI=1S/3C21H19BrN6O/c1-13-18-4-3-14(16-9-24-26(2)11-16)7-15(18)5-6-27(13)21(29)19-8-20-23-10-17(22)12-28(20)25-19;1-13-18-7-15(16-9-24-26(2)11-16)4-3-14(18)5-6-27(13)21(29)19-8-20-23-10-17(22)12-28(20)25-19;1-13-20-14(4-3-5-17(20)15-9-24-26(2)11-15)6-7-27(13)21(29)18-8-19-23-10-16(22)12-28(19)25-18/h2*3-4,7-13H,5-6H2,1-2H3;3-5,8-13H,6-7H2,1-2H3. The monoisotopic (exact) mass is 1350 g/mol. The van der Waals surface area contributed by atoms with E-state index in [1.165, 1.54) is 33.4 Å². The lowest BCUT2D eigenvalue weighted by Crippen LogP contribution is -2.39. The van der Waals surface area contributed by atoms with Gasteiger partial charge in [0.2, 0.25) is 0 Å². The van der Waals surface area contributed by atoms with Gasteiger partial charge in [-0.1, -0.05) is 48.5 Å². The molecule has 0 aliphatic carbocycles. The largest absolute Gasteiger partial charge is 0.330 e. The van der Waals surface area contributed by atoms with E-state index in [9.17, 15) is 14.4 Å². The van der Waals surface area contributed by atoms with Crippen molar-refractivity contribution in [3.05, 3.63) is 211 Å². The van der Waals surface area contributed by atoms with E-state index in [1.807, 2.05) is 73.0 Å². The number of fused-ring (bicyclic) bond motifs is 6. The van der Waals surface area contributed by atoms with Crippen molar-refractivity contribution in [3.8, 4) is 33.4 Å². The third-order valence-corrected chi connectivity index (χ3v) is 17.7. The molecule has 12 heterocycles. The highest BCUT2D eigenvalue weighted by Crippen LogP contribution is 2.39. The normalized spacial score (nSPS) is 16.2. The van der Waals surface area contributed by atoms with Gasteiger partial charge in [0.05, 0.1) is 50.1 Å². The minimum atomic E-state index is -0.0780. The SMILES string of the molecule is CC1c2c(cccc2-c2cnn(C)c2)CCN1C(=O)c1cc2ncc(Br)cn2n1.CC1c2cc(-c3cnn(C)c3)ccc2CCN1C(=O)c1cc2ncc(Br)cn2n1.CC1c2ccc(-c3cnn(C)c3)cc2CCN1C(=O)c1cc2ncc(Br)cn2n1. The smallest absolute Gasteiger partial charge is 0.274 e. The van der Waals surface area contributed by atoms with Gasteiger partial charge in [-0.15, -0.1) is 0 Å². The summed E-state index contributed by atoms with van der Waals surface area (Å²) in [5, 5.41) is 26.1. The topological polar surface area (TPSA) is 205 Å². The number of hydrogen-bond donors (Lipinski definition) is 0. The van der Waals surface area contributed by atoms with Crippen LogP contribution in [0.25, 0.3) is 50.3 Å². The molecule has 9 aromatic heterocycles. The number of benzene rings is 3. The fraction of sp³-hybridized carbons (Fsp3) is 0.238. The lowest BCUT2D eigenvalue weighted by Gasteiger charge is -2.36. The summed E-state index contributed by atoms with van der Waals surface area (Å²) in [5.74, 6) is -0.219. The van der Waals surface area contributed by atoms with Crippen LogP contribution in [0, 0.1) is 0 Å². The van der Waals surface area contributed by atoms with Crippen LogP contribution >= 0.6 is 47.8 Å². The Morgan fingerprint density at radius 2 is 0.851 bits per heavy atom. The zero-order valence-electron chi connectivity index (χ0n) is 48.2. The number of carbonyl (C=O) groups excluding carboxylic acids is 3. The number of carbonyl (C=O) groups is 3. The maximum Gasteiger partial charge on any atom is 0.274 e. The maximum absolute atomic E-state index is 13.3. The second kappa shape index (κ2) is 23.4. The van der Waals surface area contributed by atoms with Crippen molar-refractivity contribution < 1.29 is 14.4 Å². The molecule has 3 aliphatic heterocycles. The minimum absolute atomic E-state index is 0.0151. The molecule has 3 aliphatic rings. The highest BCUT2D eigenvalue weighted by Gasteiger charge is 2.34. The Kier molecular flexibility index (Phi) is 15.3. The molecule has 15 rings (SSSR count). The van der Waals surface area contributed by atoms with Gasteiger partial charge in [-0.05, 0) is 144 Å². The van der Waals surface area contributed by atoms with E-state index < -0.39 is 0 Å². The fourth-order valence-corrected chi connectivity index (χ4v) is 12.9. The molecule has 0 fully saturated rings. The van der Waals surface area contributed by atoms with E-state index in [1.54, 1.807) is 83.0 Å². The van der Waals surface area contributed by atoms with Crippen molar-refractivity contribution in [2.75, 3.05) is 19.6 Å². The van der Waals surface area contributed by atoms with Gasteiger partial charge in [-0.3, -0.25) is 28.4 Å². The van der Waals surface area contributed by atoms with Crippen molar-refractivity contribution in [2.45, 2.75) is 58.2 Å². The third-order valence-electron chi connectivity index (χ3n) is 16.4. The van der Waals surface area contributed by atoms with Gasteiger partial charge in [0, 0.05) is 131 Å². The van der Waals surface area contributed by atoms with Gasteiger partial charge in [-0.2, -0.15) is 30.6 Å². The molecule has 0 spiro atoms. The summed E-state index contributed by atoms with van der Waals surface area (Å²) in [5.41, 5.74) is 17.2. The lowest BCUT2D eigenvalue weighted by molar-refractivity contribution is 0.0663. The quantitative estimate of drug-likeness (QED) is 0.152. The molecule has 3 unspecified atom stereocenters. The van der Waals surface area contributed by atoms with Gasteiger partial charge >= 0.3 is 0 Å².